The molecule has 2 N–H and O–H groups in total. The molecular weight excluding hydrogens is 348 g/mol. The summed E-state index contributed by atoms with van der Waals surface area (Å²) < 4.78 is 5.46. The number of thiol groups is 1. The van der Waals surface area contributed by atoms with Crippen LogP contribution < -0.4 is 4.90 Å². The Hall–Kier alpha value is -2.35. The number of morpholine rings is 1. The molecule has 1 fully saturated rings. The smallest absolute Gasteiger partial charge is 0.162 e. The molecule has 6 nitrogen and oxygen atoms in total. The monoisotopic (exact) mass is 368 g/mol. The fourth-order valence-electron chi connectivity index (χ4n) is 3.14. The van der Waals surface area contributed by atoms with Gasteiger partial charge >= 0.3 is 0 Å². The molecule has 0 aliphatic carbocycles. The van der Waals surface area contributed by atoms with Crippen molar-refractivity contribution in [1.82, 2.24) is 15.0 Å². The van der Waals surface area contributed by atoms with Crippen LogP contribution in [0.1, 0.15) is 5.69 Å². The zero-order chi connectivity index (χ0) is 17.9. The predicted molar refractivity (Wildman–Crippen MR) is 106 cm³/mol. The van der Waals surface area contributed by atoms with E-state index in [1.54, 1.807) is 12.2 Å². The number of aliphatic hydroxyl groups excluding tert-OH is 1. The molecule has 0 bridgehead atoms. The second kappa shape index (κ2) is 7.49. The Morgan fingerprint density at radius 1 is 1.23 bits per heavy atom. The van der Waals surface area contributed by atoms with Crippen LogP contribution in [0.2, 0.25) is 0 Å². The van der Waals surface area contributed by atoms with Crippen LogP contribution in [-0.2, 0) is 4.74 Å². The number of nitrogens with zero attached hydrogens (tertiary/aromatic N) is 3. The first-order valence-corrected chi connectivity index (χ1v) is 9.00. The number of fused-ring (bicyclic) bond motifs is 1. The van der Waals surface area contributed by atoms with E-state index in [1.165, 1.54) is 0 Å². The number of benzene rings is 1. The van der Waals surface area contributed by atoms with E-state index >= 15 is 0 Å². The number of aromatic nitrogens is 3. The van der Waals surface area contributed by atoms with Crippen LogP contribution in [0.15, 0.2) is 41.4 Å². The number of ether oxygens (including phenoxy) is 1. The Bertz CT molecular complexity index is 948. The van der Waals surface area contributed by atoms with Gasteiger partial charge in [0.15, 0.2) is 5.82 Å². The average Bonchev–Trinajstić information content (AvgIpc) is 3.17. The van der Waals surface area contributed by atoms with Crippen LogP contribution in [0.25, 0.3) is 28.4 Å². The quantitative estimate of drug-likeness (QED) is 0.618. The Morgan fingerprint density at radius 2 is 2.08 bits per heavy atom. The Morgan fingerprint density at radius 3 is 2.88 bits per heavy atom. The minimum Gasteiger partial charge on any atom is -0.392 e. The first-order chi connectivity index (χ1) is 12.8. The summed E-state index contributed by atoms with van der Waals surface area (Å²) in [5, 5.41) is 10.2. The van der Waals surface area contributed by atoms with Gasteiger partial charge in [-0.3, -0.25) is 0 Å². The number of hydrogen-bond acceptors (Lipinski definition) is 6. The molecular formula is C19H20N4O2S. The van der Waals surface area contributed by atoms with E-state index in [4.69, 9.17) is 19.8 Å². The van der Waals surface area contributed by atoms with Crippen molar-refractivity contribution in [1.29, 1.82) is 0 Å². The van der Waals surface area contributed by atoms with Gasteiger partial charge in [-0.25, -0.2) is 9.97 Å². The molecule has 0 spiro atoms. The Balaban J connectivity index is 1.88. The van der Waals surface area contributed by atoms with Crippen molar-refractivity contribution in [3.05, 3.63) is 42.2 Å². The molecule has 3 heterocycles. The van der Waals surface area contributed by atoms with Gasteiger partial charge < -0.3 is 19.7 Å². The Kier molecular flexibility index (Phi) is 4.92. The van der Waals surface area contributed by atoms with Gasteiger partial charge in [-0.2, -0.15) is 0 Å². The number of H-pyrrole nitrogens is 1. The van der Waals surface area contributed by atoms with Crippen molar-refractivity contribution >= 4 is 35.4 Å². The normalized spacial score (nSPS) is 15.2. The van der Waals surface area contributed by atoms with Crippen LogP contribution in [0, 0.1) is 0 Å². The van der Waals surface area contributed by atoms with Gasteiger partial charge in [0.1, 0.15) is 5.82 Å². The highest BCUT2D eigenvalue weighted by Gasteiger charge is 2.20. The van der Waals surface area contributed by atoms with Crippen molar-refractivity contribution in [2.75, 3.05) is 37.8 Å². The summed E-state index contributed by atoms with van der Waals surface area (Å²) in [5.74, 6) is 1.44. The predicted octanol–water partition coefficient (Wildman–Crippen LogP) is 2.76. The first-order valence-electron chi connectivity index (χ1n) is 8.55. The van der Waals surface area contributed by atoms with E-state index in [-0.39, 0.29) is 6.61 Å². The minimum absolute atomic E-state index is 0.0488. The SMILES string of the molecule is OC/C=C/c1nc(-c2cccc3[nH]ccc23)nc(N2CCOCC2)c1S. The number of hydrogen-bond donors (Lipinski definition) is 3. The summed E-state index contributed by atoms with van der Waals surface area (Å²) in [5.41, 5.74) is 2.70. The highest BCUT2D eigenvalue weighted by molar-refractivity contribution is 7.80. The molecule has 7 heteroatoms. The molecule has 4 rings (SSSR count). The highest BCUT2D eigenvalue weighted by Crippen LogP contribution is 2.32. The maximum Gasteiger partial charge on any atom is 0.162 e. The molecule has 2 aromatic heterocycles. The second-order valence-electron chi connectivity index (χ2n) is 6.03. The molecule has 26 heavy (non-hydrogen) atoms. The fraction of sp³-hybridized carbons (Fsp3) is 0.263. The summed E-state index contributed by atoms with van der Waals surface area (Å²) in [6, 6.07) is 8.07. The van der Waals surface area contributed by atoms with Crippen molar-refractivity contribution in [3.8, 4) is 11.4 Å². The lowest BCUT2D eigenvalue weighted by Gasteiger charge is -2.29. The molecule has 0 atom stereocenters. The van der Waals surface area contributed by atoms with Gasteiger partial charge in [-0.05, 0) is 18.2 Å². The van der Waals surface area contributed by atoms with Gasteiger partial charge in [0.05, 0.1) is 30.4 Å². The summed E-state index contributed by atoms with van der Waals surface area (Å²) in [6.07, 6.45) is 5.36. The average molecular weight is 368 g/mol. The molecule has 3 aromatic rings. The van der Waals surface area contributed by atoms with Crippen LogP contribution in [0.4, 0.5) is 5.82 Å². The summed E-state index contributed by atoms with van der Waals surface area (Å²) in [6.45, 7) is 2.82. The van der Waals surface area contributed by atoms with Crippen molar-refractivity contribution in [3.63, 3.8) is 0 Å². The maximum absolute atomic E-state index is 9.15. The lowest BCUT2D eigenvalue weighted by Crippen LogP contribution is -2.37. The summed E-state index contributed by atoms with van der Waals surface area (Å²) >= 11 is 4.67. The molecule has 1 aliphatic rings. The van der Waals surface area contributed by atoms with Gasteiger partial charge in [-0.15, -0.1) is 12.6 Å². The van der Waals surface area contributed by atoms with E-state index < -0.39 is 0 Å². The van der Waals surface area contributed by atoms with E-state index in [0.717, 1.165) is 35.4 Å². The van der Waals surface area contributed by atoms with Gasteiger partial charge in [-0.1, -0.05) is 18.2 Å². The van der Waals surface area contributed by atoms with Crippen molar-refractivity contribution in [2.24, 2.45) is 0 Å². The molecule has 1 aliphatic heterocycles. The summed E-state index contributed by atoms with van der Waals surface area (Å²) in [4.78, 5) is 15.6. The van der Waals surface area contributed by atoms with Crippen LogP contribution >= 0.6 is 12.6 Å². The molecule has 1 aromatic carbocycles. The van der Waals surface area contributed by atoms with E-state index in [0.29, 0.717) is 29.6 Å². The third-order valence-corrected chi connectivity index (χ3v) is 4.85. The number of nitrogens with one attached hydrogen (secondary N) is 1. The zero-order valence-electron chi connectivity index (χ0n) is 14.2. The lowest BCUT2D eigenvalue weighted by atomic mass is 10.1. The standard InChI is InChI=1S/C19H20N4O2S/c24-10-2-5-16-17(26)19(23-8-11-25-12-9-23)22-18(21-16)14-3-1-4-15-13(14)6-7-20-15/h1-7,20,24,26H,8-12H2/b5-2+. The summed E-state index contributed by atoms with van der Waals surface area (Å²) in [7, 11) is 0. The molecule has 0 radical (unpaired) electrons. The molecule has 0 saturated carbocycles. The Labute approximate surface area is 157 Å². The lowest BCUT2D eigenvalue weighted by molar-refractivity contribution is 0.122. The topological polar surface area (TPSA) is 74.3 Å². The van der Waals surface area contributed by atoms with Crippen LogP contribution in [-0.4, -0.2) is 53.0 Å². The molecule has 0 unspecified atom stereocenters. The number of aliphatic hydroxyl groups is 1. The maximum atomic E-state index is 9.15. The molecule has 1 saturated heterocycles. The van der Waals surface area contributed by atoms with Crippen LogP contribution in [0.5, 0.6) is 0 Å². The number of rotatable bonds is 4. The molecule has 134 valence electrons. The largest absolute Gasteiger partial charge is 0.392 e. The van der Waals surface area contributed by atoms with Gasteiger partial charge in [0.25, 0.3) is 0 Å². The highest BCUT2D eigenvalue weighted by atomic mass is 32.1. The van der Waals surface area contributed by atoms with Crippen LogP contribution in [0.3, 0.4) is 0 Å². The van der Waals surface area contributed by atoms with Gasteiger partial charge in [0, 0.05) is 35.8 Å². The molecule has 0 amide bonds. The number of aromatic amines is 1. The third-order valence-electron chi connectivity index (χ3n) is 4.42. The first kappa shape index (κ1) is 17.1. The van der Waals surface area contributed by atoms with E-state index in [2.05, 4.69) is 22.5 Å². The second-order valence-corrected chi connectivity index (χ2v) is 6.48. The zero-order valence-corrected chi connectivity index (χ0v) is 15.1. The minimum atomic E-state index is -0.0488. The van der Waals surface area contributed by atoms with E-state index in [9.17, 15) is 0 Å². The third kappa shape index (κ3) is 3.21. The van der Waals surface area contributed by atoms with Crippen molar-refractivity contribution < 1.29 is 9.84 Å². The van der Waals surface area contributed by atoms with Gasteiger partial charge in [0.2, 0.25) is 0 Å². The fourth-order valence-corrected chi connectivity index (χ4v) is 3.45. The van der Waals surface area contributed by atoms with Crippen molar-refractivity contribution in [2.45, 2.75) is 4.90 Å². The van der Waals surface area contributed by atoms with E-state index in [1.807, 2.05) is 30.5 Å². The number of anilines is 1.